The molecule has 1 aromatic carbocycles. The average molecular weight is 355 g/mol. The molecule has 2 aliphatic rings. The number of para-hydroxylation sites is 1. The molecule has 0 bridgehead atoms. The highest BCUT2D eigenvalue weighted by atomic mass is 16.2. The zero-order valence-corrected chi connectivity index (χ0v) is 15.8. The van der Waals surface area contributed by atoms with Crippen LogP contribution in [-0.2, 0) is 0 Å². The smallest absolute Gasteiger partial charge is 0.327 e. The Morgan fingerprint density at radius 1 is 1.23 bits per heavy atom. The van der Waals surface area contributed by atoms with Crippen molar-refractivity contribution in [1.82, 2.24) is 19.8 Å². The van der Waals surface area contributed by atoms with E-state index in [9.17, 15) is 4.79 Å². The highest BCUT2D eigenvalue weighted by molar-refractivity contribution is 5.95. The van der Waals surface area contributed by atoms with Gasteiger partial charge in [0.1, 0.15) is 11.8 Å². The van der Waals surface area contributed by atoms with E-state index in [0.717, 1.165) is 55.4 Å². The predicted molar refractivity (Wildman–Crippen MR) is 105 cm³/mol. The van der Waals surface area contributed by atoms with Crippen molar-refractivity contribution in [3.63, 3.8) is 0 Å². The number of anilines is 1. The molecule has 1 saturated heterocycles. The van der Waals surface area contributed by atoms with Crippen LogP contribution in [0.5, 0.6) is 0 Å². The first-order valence-electron chi connectivity index (χ1n) is 9.87. The normalized spacial score (nSPS) is 18.7. The zero-order valence-electron chi connectivity index (χ0n) is 15.8. The highest BCUT2D eigenvalue weighted by Gasteiger charge is 2.31. The lowest BCUT2D eigenvalue weighted by molar-refractivity contribution is 0.242. The topological polar surface area (TPSA) is 53.4 Å². The third-order valence-corrected chi connectivity index (χ3v) is 5.49. The second kappa shape index (κ2) is 7.27. The first-order chi connectivity index (χ1) is 12.6. The summed E-state index contributed by atoms with van der Waals surface area (Å²) in [6.45, 7) is 9.32. The summed E-state index contributed by atoms with van der Waals surface area (Å²) >= 11 is 0. The molecule has 1 N–H and O–H groups in total. The lowest BCUT2D eigenvalue weighted by Gasteiger charge is -2.36. The fraction of sp³-hybridized carbons (Fsp3) is 0.600. The van der Waals surface area contributed by atoms with Crippen molar-refractivity contribution in [2.45, 2.75) is 39.2 Å². The van der Waals surface area contributed by atoms with Crippen LogP contribution in [0.1, 0.15) is 33.1 Å². The van der Waals surface area contributed by atoms with Crippen molar-refractivity contribution in [3.8, 4) is 0 Å². The molecule has 0 unspecified atom stereocenters. The van der Waals surface area contributed by atoms with Gasteiger partial charge in [-0.15, -0.1) is 0 Å². The van der Waals surface area contributed by atoms with Crippen LogP contribution >= 0.6 is 0 Å². The summed E-state index contributed by atoms with van der Waals surface area (Å²) in [4.78, 5) is 22.1. The fourth-order valence-corrected chi connectivity index (χ4v) is 3.76. The molecule has 2 aromatic rings. The Labute approximate surface area is 155 Å². The van der Waals surface area contributed by atoms with Crippen LogP contribution in [0.15, 0.2) is 24.5 Å². The highest BCUT2D eigenvalue weighted by Crippen LogP contribution is 2.30. The monoisotopic (exact) mass is 355 g/mol. The van der Waals surface area contributed by atoms with Gasteiger partial charge < -0.3 is 10.2 Å². The van der Waals surface area contributed by atoms with Gasteiger partial charge in [0.2, 0.25) is 0 Å². The predicted octanol–water partition coefficient (Wildman–Crippen LogP) is 2.92. The van der Waals surface area contributed by atoms with Crippen molar-refractivity contribution in [1.29, 1.82) is 0 Å². The van der Waals surface area contributed by atoms with Gasteiger partial charge in [0, 0.05) is 38.8 Å². The Balaban J connectivity index is 1.49. The molecule has 1 amide bonds. The molecule has 2 fully saturated rings. The fourth-order valence-electron chi connectivity index (χ4n) is 3.76. The molecule has 4 rings (SSSR count). The van der Waals surface area contributed by atoms with E-state index in [1.54, 1.807) is 10.9 Å². The molecule has 1 aliphatic carbocycles. The molecule has 0 radical (unpaired) electrons. The van der Waals surface area contributed by atoms with Crippen LogP contribution in [0.3, 0.4) is 0 Å². The third kappa shape index (κ3) is 3.56. The van der Waals surface area contributed by atoms with Crippen molar-refractivity contribution < 1.29 is 4.79 Å². The standard InChI is InChI=1S/C20H29N5O/c1-15(2)8-9-21-20(26)25-14-22-19-17(4-3-5-18(19)25)24-12-10-23(11-13-24)16-6-7-16/h3-5,14-16H,6-13H2,1-2H3,(H,21,26). The number of nitrogens with one attached hydrogen (secondary N) is 1. The van der Waals surface area contributed by atoms with E-state index in [-0.39, 0.29) is 6.03 Å². The van der Waals surface area contributed by atoms with Gasteiger partial charge in [-0.05, 0) is 37.3 Å². The minimum absolute atomic E-state index is 0.0937. The first kappa shape index (κ1) is 17.3. The number of imidazole rings is 1. The van der Waals surface area contributed by atoms with Crippen LogP contribution in [0.4, 0.5) is 10.5 Å². The lowest BCUT2D eigenvalue weighted by atomic mass is 10.1. The maximum atomic E-state index is 12.5. The van der Waals surface area contributed by atoms with E-state index in [0.29, 0.717) is 12.5 Å². The molecule has 2 heterocycles. The van der Waals surface area contributed by atoms with Crippen molar-refractivity contribution in [2.24, 2.45) is 5.92 Å². The molecule has 0 spiro atoms. The molecular weight excluding hydrogens is 326 g/mol. The van der Waals surface area contributed by atoms with E-state index in [2.05, 4.69) is 40.0 Å². The summed E-state index contributed by atoms with van der Waals surface area (Å²) < 4.78 is 1.64. The van der Waals surface area contributed by atoms with E-state index >= 15 is 0 Å². The number of carbonyl (C=O) groups excluding carboxylic acids is 1. The van der Waals surface area contributed by atoms with Gasteiger partial charge >= 0.3 is 6.03 Å². The number of benzene rings is 1. The number of hydrogen-bond acceptors (Lipinski definition) is 4. The summed E-state index contributed by atoms with van der Waals surface area (Å²) in [6, 6.07) is 6.88. The van der Waals surface area contributed by atoms with Crippen LogP contribution in [0.2, 0.25) is 0 Å². The Bertz CT molecular complexity index is 772. The number of nitrogens with zero attached hydrogens (tertiary/aromatic N) is 4. The van der Waals surface area contributed by atoms with Gasteiger partial charge in [-0.2, -0.15) is 0 Å². The van der Waals surface area contributed by atoms with Gasteiger partial charge in [-0.3, -0.25) is 9.47 Å². The average Bonchev–Trinajstić information content (AvgIpc) is 3.40. The number of aromatic nitrogens is 2. The summed E-state index contributed by atoms with van der Waals surface area (Å²) in [7, 11) is 0. The number of fused-ring (bicyclic) bond motifs is 1. The van der Waals surface area contributed by atoms with Gasteiger partial charge in [-0.25, -0.2) is 9.78 Å². The largest absolute Gasteiger partial charge is 0.367 e. The lowest BCUT2D eigenvalue weighted by Crippen LogP contribution is -2.47. The summed E-state index contributed by atoms with van der Waals surface area (Å²) in [6.07, 6.45) is 5.37. The van der Waals surface area contributed by atoms with Crippen LogP contribution in [-0.4, -0.2) is 59.2 Å². The summed E-state index contributed by atoms with van der Waals surface area (Å²) in [5.74, 6) is 0.579. The number of hydrogen-bond donors (Lipinski definition) is 1. The SMILES string of the molecule is CC(C)CCNC(=O)n1cnc2c(N3CCN(C4CC4)CC3)cccc21. The Kier molecular flexibility index (Phi) is 4.85. The molecular formula is C20H29N5O. The van der Waals surface area contributed by atoms with Crippen molar-refractivity contribution in [3.05, 3.63) is 24.5 Å². The maximum absolute atomic E-state index is 12.5. The number of piperazine rings is 1. The molecule has 1 saturated carbocycles. The Morgan fingerprint density at radius 2 is 2.00 bits per heavy atom. The number of rotatable bonds is 5. The second-order valence-electron chi connectivity index (χ2n) is 7.93. The number of carbonyl (C=O) groups is 1. The molecule has 6 nitrogen and oxygen atoms in total. The van der Waals surface area contributed by atoms with Gasteiger partial charge in [-0.1, -0.05) is 19.9 Å². The van der Waals surface area contributed by atoms with Crippen LogP contribution < -0.4 is 10.2 Å². The zero-order chi connectivity index (χ0) is 18.1. The molecule has 26 heavy (non-hydrogen) atoms. The molecule has 0 atom stereocenters. The van der Waals surface area contributed by atoms with Crippen molar-refractivity contribution >= 4 is 22.8 Å². The molecule has 1 aliphatic heterocycles. The second-order valence-corrected chi connectivity index (χ2v) is 7.93. The van der Waals surface area contributed by atoms with Gasteiger partial charge in [0.05, 0.1) is 11.2 Å². The first-order valence-corrected chi connectivity index (χ1v) is 9.87. The van der Waals surface area contributed by atoms with Crippen LogP contribution in [0.25, 0.3) is 11.0 Å². The van der Waals surface area contributed by atoms with E-state index in [1.165, 1.54) is 12.8 Å². The van der Waals surface area contributed by atoms with Crippen molar-refractivity contribution in [2.75, 3.05) is 37.6 Å². The Morgan fingerprint density at radius 3 is 2.69 bits per heavy atom. The van der Waals surface area contributed by atoms with Gasteiger partial charge in [0.15, 0.2) is 0 Å². The Hall–Kier alpha value is -2.08. The van der Waals surface area contributed by atoms with E-state index in [1.807, 2.05) is 12.1 Å². The summed E-state index contributed by atoms with van der Waals surface area (Å²) in [5, 5.41) is 3.00. The minimum atomic E-state index is -0.0937. The number of amides is 1. The quantitative estimate of drug-likeness (QED) is 0.896. The van der Waals surface area contributed by atoms with E-state index in [4.69, 9.17) is 0 Å². The molecule has 1 aromatic heterocycles. The van der Waals surface area contributed by atoms with E-state index < -0.39 is 0 Å². The molecule has 6 heteroatoms. The minimum Gasteiger partial charge on any atom is -0.367 e. The summed E-state index contributed by atoms with van der Waals surface area (Å²) in [5.41, 5.74) is 2.95. The molecule has 140 valence electrons. The third-order valence-electron chi connectivity index (χ3n) is 5.49. The van der Waals surface area contributed by atoms with Crippen LogP contribution in [0, 0.1) is 5.92 Å². The van der Waals surface area contributed by atoms with Gasteiger partial charge in [0.25, 0.3) is 0 Å². The maximum Gasteiger partial charge on any atom is 0.327 e.